The fraction of sp³-hybridized carbons (Fsp3) is 0.500. The number of rotatable bonds is 5. The van der Waals surface area contributed by atoms with Crippen LogP contribution in [0.3, 0.4) is 0 Å². The third-order valence-corrected chi connectivity index (χ3v) is 8.13. The smallest absolute Gasteiger partial charge is 0.313 e. The summed E-state index contributed by atoms with van der Waals surface area (Å²) in [6, 6.07) is 5.78. The Morgan fingerprint density at radius 2 is 1.95 bits per heavy atom. The van der Waals surface area contributed by atoms with Gasteiger partial charge >= 0.3 is 5.97 Å². The lowest BCUT2D eigenvalue weighted by atomic mass is 9.75. The SMILES string of the molecule is CC[C@@H](CO)N1C(=O)[C@@H]2[C@@H]3C(=O)OCC=C[C@]3(C)O[C@@]23C=CCN(Cn2nnc4ccccc42)C(=O)C13. The van der Waals surface area contributed by atoms with Gasteiger partial charge in [-0.1, -0.05) is 42.5 Å². The Morgan fingerprint density at radius 3 is 2.73 bits per heavy atom. The number of cyclic esters (lactones) is 1. The maximum Gasteiger partial charge on any atom is 0.313 e. The van der Waals surface area contributed by atoms with E-state index in [-0.39, 0.29) is 32.3 Å². The highest BCUT2D eigenvalue weighted by atomic mass is 16.6. The van der Waals surface area contributed by atoms with Crippen LogP contribution in [0.25, 0.3) is 11.0 Å². The summed E-state index contributed by atoms with van der Waals surface area (Å²) in [5, 5.41) is 18.6. The van der Waals surface area contributed by atoms with Gasteiger partial charge in [0.15, 0.2) is 0 Å². The highest BCUT2D eigenvalue weighted by Crippen LogP contribution is 2.57. The Morgan fingerprint density at radius 1 is 1.14 bits per heavy atom. The van der Waals surface area contributed by atoms with Crippen molar-refractivity contribution in [3.8, 4) is 0 Å². The fourth-order valence-corrected chi connectivity index (χ4v) is 6.46. The minimum Gasteiger partial charge on any atom is -0.461 e. The molecule has 0 radical (unpaired) electrons. The van der Waals surface area contributed by atoms with Crippen LogP contribution in [0.4, 0.5) is 0 Å². The van der Waals surface area contributed by atoms with E-state index in [9.17, 15) is 19.5 Å². The molecule has 4 aliphatic heterocycles. The Hall–Kier alpha value is -3.57. The predicted molar refractivity (Wildman–Crippen MR) is 129 cm³/mol. The van der Waals surface area contributed by atoms with Crippen molar-refractivity contribution in [3.63, 3.8) is 0 Å². The van der Waals surface area contributed by atoms with Crippen LogP contribution in [0.5, 0.6) is 0 Å². The number of hydrogen-bond donors (Lipinski definition) is 1. The van der Waals surface area contributed by atoms with Crippen molar-refractivity contribution in [3.05, 3.63) is 48.6 Å². The molecule has 0 bridgehead atoms. The molecule has 11 heteroatoms. The van der Waals surface area contributed by atoms with Gasteiger partial charge in [0.05, 0.1) is 29.7 Å². The van der Waals surface area contributed by atoms with Gasteiger partial charge in [0, 0.05) is 6.54 Å². The van der Waals surface area contributed by atoms with E-state index in [1.54, 1.807) is 34.7 Å². The average Bonchev–Trinajstić information content (AvgIpc) is 3.41. The number of carbonyl (C=O) groups excluding carboxylic acids is 3. The standard InChI is InChI=1S/C26H29N5O6/c1-3-16(14-32)31-21-23(34)29(15-30-18-9-5-4-8-17(18)27-28-30)12-6-11-26(21)19(22(31)33)20-24(35)36-13-7-10-25(20,2)37-26/h4-11,16,19-21,32H,3,12-15H2,1-2H3/t16-,19-,20+,21?,25-,26-/m0/s1. The summed E-state index contributed by atoms with van der Waals surface area (Å²) >= 11 is 0. The van der Waals surface area contributed by atoms with Crippen LogP contribution in [0.15, 0.2) is 48.6 Å². The first kappa shape index (κ1) is 23.8. The van der Waals surface area contributed by atoms with Gasteiger partial charge in [0.2, 0.25) is 5.91 Å². The van der Waals surface area contributed by atoms with E-state index in [0.717, 1.165) is 5.52 Å². The number of aliphatic hydroxyl groups excluding tert-OH is 1. The van der Waals surface area contributed by atoms with Gasteiger partial charge in [-0.3, -0.25) is 14.4 Å². The summed E-state index contributed by atoms with van der Waals surface area (Å²) in [5.74, 6) is -3.16. The van der Waals surface area contributed by atoms with Crippen LogP contribution in [0, 0.1) is 11.8 Å². The first-order valence-corrected chi connectivity index (χ1v) is 12.6. The van der Waals surface area contributed by atoms with Crippen molar-refractivity contribution >= 4 is 28.8 Å². The summed E-state index contributed by atoms with van der Waals surface area (Å²) in [5.41, 5.74) is -1.03. The number of ether oxygens (including phenoxy) is 2. The van der Waals surface area contributed by atoms with Crippen molar-refractivity contribution in [1.29, 1.82) is 0 Å². The second kappa shape index (κ2) is 8.49. The molecule has 1 aromatic heterocycles. The zero-order chi connectivity index (χ0) is 25.9. The molecule has 4 aliphatic rings. The number of para-hydroxylation sites is 1. The minimum atomic E-state index is -1.39. The van der Waals surface area contributed by atoms with E-state index >= 15 is 0 Å². The molecule has 5 heterocycles. The normalized spacial score (nSPS) is 33.7. The van der Waals surface area contributed by atoms with Gasteiger partial charge in [0.1, 0.15) is 36.4 Å². The number of aromatic nitrogens is 3. The van der Waals surface area contributed by atoms with Crippen LogP contribution < -0.4 is 0 Å². The molecule has 1 aromatic carbocycles. The molecular weight excluding hydrogens is 478 g/mol. The molecule has 194 valence electrons. The number of amides is 2. The third kappa shape index (κ3) is 3.30. The van der Waals surface area contributed by atoms with E-state index in [1.165, 1.54) is 4.90 Å². The Kier molecular flexibility index (Phi) is 5.46. The molecule has 1 unspecified atom stereocenters. The highest BCUT2D eigenvalue weighted by Gasteiger charge is 2.75. The van der Waals surface area contributed by atoms with Gasteiger partial charge in [-0.25, -0.2) is 4.68 Å². The number of likely N-dealkylation sites (tertiary alicyclic amines) is 1. The molecule has 2 saturated heterocycles. The molecule has 37 heavy (non-hydrogen) atoms. The zero-order valence-electron chi connectivity index (χ0n) is 20.7. The molecule has 6 atom stereocenters. The largest absolute Gasteiger partial charge is 0.461 e. The number of esters is 1. The van der Waals surface area contributed by atoms with E-state index < -0.39 is 47.0 Å². The lowest BCUT2D eigenvalue weighted by molar-refractivity contribution is -0.160. The van der Waals surface area contributed by atoms with Gasteiger partial charge in [-0.15, -0.1) is 5.10 Å². The number of aliphatic hydroxyl groups is 1. The lowest BCUT2D eigenvalue weighted by Gasteiger charge is -2.39. The van der Waals surface area contributed by atoms with Crippen molar-refractivity contribution in [1.82, 2.24) is 24.8 Å². The van der Waals surface area contributed by atoms with Gasteiger partial charge in [0.25, 0.3) is 5.91 Å². The summed E-state index contributed by atoms with van der Waals surface area (Å²) < 4.78 is 13.7. The second-order valence-electron chi connectivity index (χ2n) is 10.2. The molecule has 0 aliphatic carbocycles. The van der Waals surface area contributed by atoms with Crippen LogP contribution in [-0.4, -0.2) is 90.7 Å². The van der Waals surface area contributed by atoms with E-state index in [4.69, 9.17) is 9.47 Å². The molecule has 2 fully saturated rings. The monoisotopic (exact) mass is 507 g/mol. The third-order valence-electron chi connectivity index (χ3n) is 8.13. The Labute approximate surface area is 213 Å². The molecule has 2 amide bonds. The van der Waals surface area contributed by atoms with Crippen LogP contribution in [0.2, 0.25) is 0 Å². The predicted octanol–water partition coefficient (Wildman–Crippen LogP) is 0.642. The van der Waals surface area contributed by atoms with E-state index in [2.05, 4.69) is 10.3 Å². The summed E-state index contributed by atoms with van der Waals surface area (Å²) in [6.45, 7) is 3.74. The quantitative estimate of drug-likeness (QED) is 0.462. The fourth-order valence-electron chi connectivity index (χ4n) is 6.46. The zero-order valence-corrected chi connectivity index (χ0v) is 20.7. The summed E-state index contributed by atoms with van der Waals surface area (Å²) in [6.07, 6.45) is 7.47. The number of benzene rings is 1. The highest BCUT2D eigenvalue weighted by molar-refractivity contribution is 5.99. The van der Waals surface area contributed by atoms with Crippen molar-refractivity contribution < 1.29 is 29.0 Å². The van der Waals surface area contributed by atoms with Crippen molar-refractivity contribution in [2.45, 2.75) is 50.2 Å². The number of carbonyl (C=O) groups is 3. The Balaban J connectivity index is 1.45. The Bertz CT molecular complexity index is 1330. The van der Waals surface area contributed by atoms with Gasteiger partial charge in [-0.05, 0) is 31.6 Å². The molecule has 0 saturated carbocycles. The van der Waals surface area contributed by atoms with E-state index in [0.29, 0.717) is 11.9 Å². The van der Waals surface area contributed by atoms with Crippen molar-refractivity contribution in [2.75, 3.05) is 19.8 Å². The van der Waals surface area contributed by atoms with Gasteiger partial charge < -0.3 is 24.4 Å². The topological polar surface area (TPSA) is 127 Å². The maximum atomic E-state index is 14.3. The maximum absolute atomic E-state index is 14.3. The summed E-state index contributed by atoms with van der Waals surface area (Å²) in [7, 11) is 0. The molecule has 2 aromatic rings. The number of fused-ring (bicyclic) bond motifs is 3. The van der Waals surface area contributed by atoms with Crippen LogP contribution in [0.1, 0.15) is 20.3 Å². The minimum absolute atomic E-state index is 0.0952. The lowest BCUT2D eigenvalue weighted by Crippen LogP contribution is -2.58. The summed E-state index contributed by atoms with van der Waals surface area (Å²) in [4.78, 5) is 44.6. The first-order chi connectivity index (χ1) is 17.8. The molecule has 11 nitrogen and oxygen atoms in total. The molecule has 1 spiro atoms. The number of nitrogens with zero attached hydrogens (tertiary/aromatic N) is 5. The van der Waals surface area contributed by atoms with E-state index in [1.807, 2.05) is 37.3 Å². The van der Waals surface area contributed by atoms with Gasteiger partial charge in [-0.2, -0.15) is 0 Å². The van der Waals surface area contributed by atoms with Crippen LogP contribution in [-0.2, 0) is 30.5 Å². The van der Waals surface area contributed by atoms with Crippen molar-refractivity contribution in [2.24, 2.45) is 11.8 Å². The second-order valence-corrected chi connectivity index (χ2v) is 10.2. The molecule has 1 N–H and O–H groups in total. The first-order valence-electron chi connectivity index (χ1n) is 12.6. The van der Waals surface area contributed by atoms with Crippen LogP contribution >= 0.6 is 0 Å². The molecular formula is C26H29N5O6. The number of hydrogen-bond acceptors (Lipinski definition) is 8. The average molecular weight is 508 g/mol. The molecule has 6 rings (SSSR count).